The highest BCUT2D eigenvalue weighted by Crippen LogP contribution is 2.17. The minimum absolute atomic E-state index is 0.169. The first-order valence-electron chi connectivity index (χ1n) is 5.59. The van der Waals surface area contributed by atoms with Crippen molar-refractivity contribution in [2.24, 2.45) is 0 Å². The molecule has 1 N–H and O–H groups in total. The lowest BCUT2D eigenvalue weighted by atomic mass is 10.1. The van der Waals surface area contributed by atoms with E-state index in [2.05, 4.69) is 4.98 Å². The number of carbonyl (C=O) groups excluding carboxylic acids is 1. The molecular weight excluding hydrogens is 256 g/mol. The number of hydrogen-bond acceptors (Lipinski definition) is 3. The van der Waals surface area contributed by atoms with Crippen LogP contribution in [0.3, 0.4) is 0 Å². The summed E-state index contributed by atoms with van der Waals surface area (Å²) in [5.41, 5.74) is 0.271. The van der Waals surface area contributed by atoms with Crippen LogP contribution in [0.4, 0.5) is 0 Å². The van der Waals surface area contributed by atoms with E-state index in [1.54, 1.807) is 6.92 Å². The molecule has 1 unspecified atom stereocenters. The van der Waals surface area contributed by atoms with Crippen molar-refractivity contribution >= 4 is 23.5 Å². The molecule has 0 aromatic carbocycles. The Balaban J connectivity index is 3.02. The highest BCUT2D eigenvalue weighted by Gasteiger charge is 2.24. The molecule has 18 heavy (non-hydrogen) atoms. The lowest BCUT2D eigenvalue weighted by Crippen LogP contribution is -2.41. The minimum Gasteiger partial charge on any atom is -0.480 e. The second kappa shape index (κ2) is 6.35. The van der Waals surface area contributed by atoms with Crippen LogP contribution in [0.15, 0.2) is 18.5 Å². The van der Waals surface area contributed by atoms with Gasteiger partial charge in [-0.2, -0.15) is 0 Å². The molecule has 1 atom stereocenters. The summed E-state index contributed by atoms with van der Waals surface area (Å²) in [6.07, 6.45) is 3.49. The van der Waals surface area contributed by atoms with Crippen LogP contribution in [0.2, 0.25) is 5.02 Å². The Morgan fingerprint density at radius 2 is 2.22 bits per heavy atom. The maximum absolute atomic E-state index is 12.3. The topological polar surface area (TPSA) is 70.5 Å². The third kappa shape index (κ3) is 3.43. The lowest BCUT2D eigenvalue weighted by molar-refractivity contribution is -0.138. The van der Waals surface area contributed by atoms with Crippen LogP contribution in [0.5, 0.6) is 0 Å². The summed E-state index contributed by atoms with van der Waals surface area (Å²) >= 11 is 5.89. The Bertz CT molecular complexity index is 451. The van der Waals surface area contributed by atoms with E-state index in [9.17, 15) is 9.59 Å². The van der Waals surface area contributed by atoms with Crippen molar-refractivity contribution < 1.29 is 14.7 Å². The van der Waals surface area contributed by atoms with Gasteiger partial charge in [-0.1, -0.05) is 18.5 Å². The van der Waals surface area contributed by atoms with E-state index < -0.39 is 5.97 Å². The summed E-state index contributed by atoms with van der Waals surface area (Å²) in [6, 6.07) is 1.32. The molecule has 0 radical (unpaired) electrons. The van der Waals surface area contributed by atoms with E-state index in [1.165, 1.54) is 23.4 Å². The number of carboxylic acids is 1. The number of amides is 1. The molecule has 5 nitrogen and oxygen atoms in total. The van der Waals surface area contributed by atoms with Crippen molar-refractivity contribution in [2.45, 2.75) is 26.3 Å². The quantitative estimate of drug-likeness (QED) is 0.889. The Morgan fingerprint density at radius 1 is 1.56 bits per heavy atom. The van der Waals surface area contributed by atoms with Gasteiger partial charge in [0.15, 0.2) is 0 Å². The number of aromatic nitrogens is 1. The van der Waals surface area contributed by atoms with E-state index >= 15 is 0 Å². The first-order valence-corrected chi connectivity index (χ1v) is 5.97. The largest absolute Gasteiger partial charge is 0.480 e. The standard InChI is InChI=1S/C12H15ClN2O3/c1-3-8(2)15(7-11(16)17)12(18)9-4-5-14-6-10(9)13/h4-6,8H,3,7H2,1-2H3,(H,16,17). The summed E-state index contributed by atoms with van der Waals surface area (Å²) in [6.45, 7) is 3.35. The summed E-state index contributed by atoms with van der Waals surface area (Å²) in [4.78, 5) is 28.2. The Morgan fingerprint density at radius 3 is 2.72 bits per heavy atom. The van der Waals surface area contributed by atoms with Crippen molar-refractivity contribution in [2.75, 3.05) is 6.54 Å². The van der Waals surface area contributed by atoms with Crippen LogP contribution in [0, 0.1) is 0 Å². The molecule has 1 aromatic heterocycles. The Kier molecular flexibility index (Phi) is 5.09. The van der Waals surface area contributed by atoms with Gasteiger partial charge in [0.25, 0.3) is 5.91 Å². The molecule has 1 aromatic rings. The fourth-order valence-electron chi connectivity index (χ4n) is 1.50. The number of rotatable bonds is 5. The predicted octanol–water partition coefficient (Wildman–Crippen LogP) is 2.06. The second-order valence-corrected chi connectivity index (χ2v) is 4.35. The van der Waals surface area contributed by atoms with Crippen molar-refractivity contribution in [3.63, 3.8) is 0 Å². The summed E-state index contributed by atoms with van der Waals surface area (Å²) in [5, 5.41) is 9.08. The van der Waals surface area contributed by atoms with Crippen molar-refractivity contribution in [1.82, 2.24) is 9.88 Å². The van der Waals surface area contributed by atoms with Crippen LogP contribution in [-0.4, -0.2) is 39.5 Å². The molecule has 0 bridgehead atoms. The molecule has 0 saturated carbocycles. The van der Waals surface area contributed by atoms with Gasteiger partial charge < -0.3 is 10.0 Å². The maximum Gasteiger partial charge on any atom is 0.323 e. The van der Waals surface area contributed by atoms with Crippen LogP contribution in [-0.2, 0) is 4.79 Å². The molecule has 6 heteroatoms. The number of halogens is 1. The smallest absolute Gasteiger partial charge is 0.323 e. The summed E-state index contributed by atoms with van der Waals surface area (Å²) in [5.74, 6) is -1.44. The van der Waals surface area contributed by atoms with E-state index in [1.807, 2.05) is 6.92 Å². The van der Waals surface area contributed by atoms with Crippen LogP contribution >= 0.6 is 11.6 Å². The Labute approximate surface area is 110 Å². The normalized spacial score (nSPS) is 11.9. The molecule has 1 heterocycles. The van der Waals surface area contributed by atoms with Crippen LogP contribution in [0.25, 0.3) is 0 Å². The minimum atomic E-state index is -1.05. The van der Waals surface area contributed by atoms with Gasteiger partial charge in [0.05, 0.1) is 10.6 Å². The summed E-state index contributed by atoms with van der Waals surface area (Å²) in [7, 11) is 0. The fraction of sp³-hybridized carbons (Fsp3) is 0.417. The van der Waals surface area contributed by atoms with E-state index in [4.69, 9.17) is 16.7 Å². The second-order valence-electron chi connectivity index (χ2n) is 3.94. The molecule has 0 saturated heterocycles. The first kappa shape index (κ1) is 14.4. The highest BCUT2D eigenvalue weighted by molar-refractivity contribution is 6.33. The van der Waals surface area contributed by atoms with Gasteiger partial charge in [-0.3, -0.25) is 14.6 Å². The van der Waals surface area contributed by atoms with E-state index in [0.29, 0.717) is 6.42 Å². The van der Waals surface area contributed by atoms with E-state index in [0.717, 1.165) is 0 Å². The monoisotopic (exact) mass is 270 g/mol. The number of hydrogen-bond donors (Lipinski definition) is 1. The SMILES string of the molecule is CCC(C)N(CC(=O)O)C(=O)c1ccncc1Cl. The predicted molar refractivity (Wildman–Crippen MR) is 67.7 cm³/mol. The highest BCUT2D eigenvalue weighted by atomic mass is 35.5. The van der Waals surface area contributed by atoms with Gasteiger partial charge in [-0.25, -0.2) is 0 Å². The number of nitrogens with zero attached hydrogens (tertiary/aromatic N) is 2. The molecule has 0 spiro atoms. The van der Waals surface area contributed by atoms with E-state index in [-0.39, 0.29) is 29.1 Å². The molecule has 0 aliphatic rings. The number of carboxylic acid groups (broad SMARTS) is 1. The fourth-order valence-corrected chi connectivity index (χ4v) is 1.70. The molecule has 1 rings (SSSR count). The molecule has 98 valence electrons. The third-order valence-electron chi connectivity index (χ3n) is 2.69. The average Bonchev–Trinajstić information content (AvgIpc) is 2.34. The van der Waals surface area contributed by atoms with Gasteiger partial charge in [-0.05, 0) is 19.4 Å². The number of aliphatic carboxylic acids is 1. The lowest BCUT2D eigenvalue weighted by Gasteiger charge is -2.27. The van der Waals surface area contributed by atoms with Crippen molar-refractivity contribution in [3.05, 3.63) is 29.0 Å². The van der Waals surface area contributed by atoms with Gasteiger partial charge in [0.2, 0.25) is 0 Å². The zero-order valence-electron chi connectivity index (χ0n) is 10.3. The third-order valence-corrected chi connectivity index (χ3v) is 2.99. The van der Waals surface area contributed by atoms with Crippen LogP contribution < -0.4 is 0 Å². The van der Waals surface area contributed by atoms with Crippen molar-refractivity contribution in [1.29, 1.82) is 0 Å². The molecule has 0 aliphatic heterocycles. The maximum atomic E-state index is 12.3. The first-order chi connectivity index (χ1) is 8.47. The zero-order valence-corrected chi connectivity index (χ0v) is 11.0. The molecule has 1 amide bonds. The van der Waals surface area contributed by atoms with Gasteiger partial charge >= 0.3 is 5.97 Å². The average molecular weight is 271 g/mol. The Hall–Kier alpha value is -1.62. The van der Waals surface area contributed by atoms with Gasteiger partial charge in [0, 0.05) is 18.4 Å². The van der Waals surface area contributed by atoms with Gasteiger partial charge in [0.1, 0.15) is 6.54 Å². The van der Waals surface area contributed by atoms with Crippen molar-refractivity contribution in [3.8, 4) is 0 Å². The summed E-state index contributed by atoms with van der Waals surface area (Å²) < 4.78 is 0. The molecule has 0 fully saturated rings. The van der Waals surface area contributed by atoms with Crippen LogP contribution in [0.1, 0.15) is 30.6 Å². The zero-order chi connectivity index (χ0) is 13.7. The number of carbonyl (C=O) groups is 2. The number of pyridine rings is 1. The molecule has 0 aliphatic carbocycles. The van der Waals surface area contributed by atoms with Gasteiger partial charge in [-0.15, -0.1) is 0 Å². The molecular formula is C12H15ClN2O3.